The van der Waals surface area contributed by atoms with Gasteiger partial charge in [-0.25, -0.2) is 4.99 Å². The highest BCUT2D eigenvalue weighted by atomic mass is 32.2. The van der Waals surface area contributed by atoms with E-state index in [2.05, 4.69) is 17.2 Å². The van der Waals surface area contributed by atoms with Gasteiger partial charge in [-0.2, -0.15) is 5.26 Å². The first-order valence-corrected chi connectivity index (χ1v) is 8.54. The van der Waals surface area contributed by atoms with Gasteiger partial charge in [0.25, 0.3) is 5.91 Å². The molecule has 0 unspecified atom stereocenters. The average molecular weight is 316 g/mol. The summed E-state index contributed by atoms with van der Waals surface area (Å²) in [6, 6.07) is 7.28. The average Bonchev–Trinajstić information content (AvgIpc) is 2.55. The summed E-state index contributed by atoms with van der Waals surface area (Å²) in [7, 11) is 0. The Morgan fingerprint density at radius 1 is 1.41 bits per heavy atom. The van der Waals surface area contributed by atoms with Gasteiger partial charge < -0.3 is 4.90 Å². The van der Waals surface area contributed by atoms with Crippen LogP contribution in [0.1, 0.15) is 30.1 Å². The number of nitriles is 1. The summed E-state index contributed by atoms with van der Waals surface area (Å²) in [5.41, 5.74) is 1.18. The number of carbonyl (C=O) groups excluding carboxylic acids is 1. The number of para-hydroxylation sites is 1. The van der Waals surface area contributed by atoms with Gasteiger partial charge in [-0.1, -0.05) is 30.8 Å². The molecule has 0 aromatic heterocycles. The molecule has 1 amide bonds. The molecule has 0 radical (unpaired) electrons. The monoisotopic (exact) mass is 316 g/mol. The van der Waals surface area contributed by atoms with E-state index in [9.17, 15) is 4.79 Å². The molecule has 0 aliphatic carbocycles. The van der Waals surface area contributed by atoms with Crippen molar-refractivity contribution in [3.05, 3.63) is 29.8 Å². The fraction of sp³-hybridized carbons (Fsp3) is 0.438. The number of rotatable bonds is 2. The fourth-order valence-electron chi connectivity index (χ4n) is 2.42. The second kappa shape index (κ2) is 7.85. The largest absolute Gasteiger partial charge is 0.339 e. The first kappa shape index (κ1) is 16.4. The summed E-state index contributed by atoms with van der Waals surface area (Å²) in [4.78, 5) is 19.0. The van der Waals surface area contributed by atoms with Crippen molar-refractivity contribution in [2.24, 2.45) is 10.9 Å². The highest BCUT2D eigenvalue weighted by molar-refractivity contribution is 8.13. The predicted molar refractivity (Wildman–Crippen MR) is 90.1 cm³/mol. The smallest absolute Gasteiger partial charge is 0.256 e. The summed E-state index contributed by atoms with van der Waals surface area (Å²) in [6.45, 7) is 3.81. The van der Waals surface area contributed by atoms with E-state index in [1.54, 1.807) is 12.1 Å². The molecule has 116 valence electrons. The van der Waals surface area contributed by atoms with Crippen molar-refractivity contribution in [2.75, 3.05) is 19.3 Å². The second-order valence-electron chi connectivity index (χ2n) is 5.35. The lowest BCUT2D eigenvalue weighted by molar-refractivity contribution is 0.0698. The van der Waals surface area contributed by atoms with Crippen LogP contribution in [0.2, 0.25) is 0 Å². The topological polar surface area (TPSA) is 68.5 Å². The van der Waals surface area contributed by atoms with Crippen LogP contribution in [0.15, 0.2) is 29.3 Å². The Labute approximate surface area is 135 Å². The number of carbonyl (C=O) groups is 1. The molecule has 22 heavy (non-hydrogen) atoms. The third kappa shape index (κ3) is 4.01. The zero-order valence-corrected chi connectivity index (χ0v) is 13.7. The van der Waals surface area contributed by atoms with Crippen molar-refractivity contribution >= 4 is 28.5 Å². The highest BCUT2D eigenvalue weighted by Gasteiger charge is 2.23. The fourth-order valence-corrected chi connectivity index (χ4v) is 2.75. The Hall–Kier alpha value is -2.00. The summed E-state index contributed by atoms with van der Waals surface area (Å²) >= 11 is 1.34. The molecular weight excluding hydrogens is 296 g/mol. The molecule has 1 aliphatic heterocycles. The van der Waals surface area contributed by atoms with Gasteiger partial charge in [-0.05, 0) is 37.1 Å². The minimum absolute atomic E-state index is 0.0173. The molecule has 0 saturated carbocycles. The summed E-state index contributed by atoms with van der Waals surface area (Å²) in [5, 5.41) is 11.7. The van der Waals surface area contributed by atoms with Crippen LogP contribution in [0.3, 0.4) is 0 Å². The zero-order valence-electron chi connectivity index (χ0n) is 12.9. The van der Waals surface area contributed by atoms with Crippen LogP contribution in [0, 0.1) is 17.4 Å². The van der Waals surface area contributed by atoms with Crippen molar-refractivity contribution in [1.29, 1.82) is 5.26 Å². The van der Waals surface area contributed by atoms with Gasteiger partial charge in [0.15, 0.2) is 11.4 Å². The lowest BCUT2D eigenvalue weighted by atomic mass is 9.98. The van der Waals surface area contributed by atoms with Gasteiger partial charge in [0.2, 0.25) is 0 Å². The molecule has 5 nitrogen and oxygen atoms in total. The van der Waals surface area contributed by atoms with Crippen LogP contribution in [-0.2, 0) is 0 Å². The van der Waals surface area contributed by atoms with Crippen molar-refractivity contribution in [3.63, 3.8) is 0 Å². The maximum atomic E-state index is 12.7. The van der Waals surface area contributed by atoms with Crippen molar-refractivity contribution in [1.82, 2.24) is 10.2 Å². The van der Waals surface area contributed by atoms with Crippen LogP contribution in [-0.4, -0.2) is 35.3 Å². The van der Waals surface area contributed by atoms with Crippen molar-refractivity contribution in [2.45, 2.75) is 19.8 Å². The molecule has 6 heteroatoms. The number of hydrogen-bond donors (Lipinski definition) is 1. The number of thioether (sulfide) groups is 1. The Bertz CT molecular complexity index is 600. The standard InChI is InChI=1S/C16H20N4OS/c1-12-7-9-20(10-8-12)15(21)13-5-3-4-6-14(13)19-16(22-2)18-11-17/h3-6,12H,7-10H2,1-2H3,(H,18,19). The zero-order chi connectivity index (χ0) is 15.9. The van der Waals surface area contributed by atoms with E-state index in [-0.39, 0.29) is 5.91 Å². The molecule has 1 aliphatic rings. The number of amidine groups is 1. The highest BCUT2D eigenvalue weighted by Crippen LogP contribution is 2.24. The van der Waals surface area contributed by atoms with Gasteiger partial charge in [-0.3, -0.25) is 10.1 Å². The molecule has 2 rings (SSSR count). The van der Waals surface area contributed by atoms with E-state index in [0.29, 0.717) is 22.3 Å². The minimum atomic E-state index is 0.0173. The van der Waals surface area contributed by atoms with Gasteiger partial charge >= 0.3 is 0 Å². The molecule has 1 heterocycles. The molecule has 1 N–H and O–H groups in total. The van der Waals surface area contributed by atoms with Crippen LogP contribution in [0.5, 0.6) is 0 Å². The first-order chi connectivity index (χ1) is 10.7. The van der Waals surface area contributed by atoms with E-state index >= 15 is 0 Å². The van der Waals surface area contributed by atoms with Crippen LogP contribution < -0.4 is 5.32 Å². The molecule has 0 atom stereocenters. The van der Waals surface area contributed by atoms with E-state index in [0.717, 1.165) is 25.9 Å². The van der Waals surface area contributed by atoms with Gasteiger partial charge in [-0.15, -0.1) is 0 Å². The molecule has 1 fully saturated rings. The molecule has 1 aromatic rings. The predicted octanol–water partition coefficient (Wildman–Crippen LogP) is 2.98. The third-order valence-electron chi connectivity index (χ3n) is 3.78. The van der Waals surface area contributed by atoms with Crippen LogP contribution >= 0.6 is 11.8 Å². The van der Waals surface area contributed by atoms with Crippen molar-refractivity contribution in [3.8, 4) is 6.19 Å². The van der Waals surface area contributed by atoms with Crippen molar-refractivity contribution < 1.29 is 4.79 Å². The van der Waals surface area contributed by atoms with E-state index < -0.39 is 0 Å². The second-order valence-corrected chi connectivity index (χ2v) is 6.14. The number of amides is 1. The number of hydrogen-bond acceptors (Lipinski definition) is 4. The van der Waals surface area contributed by atoms with E-state index in [4.69, 9.17) is 5.26 Å². The molecule has 0 spiro atoms. The molecule has 0 bridgehead atoms. The van der Waals surface area contributed by atoms with E-state index in [1.807, 2.05) is 29.5 Å². The number of piperidine rings is 1. The van der Waals surface area contributed by atoms with E-state index in [1.165, 1.54) is 11.8 Å². The third-order valence-corrected chi connectivity index (χ3v) is 4.36. The summed E-state index contributed by atoms with van der Waals surface area (Å²) < 4.78 is 0. The van der Waals surface area contributed by atoms with Crippen LogP contribution in [0.25, 0.3) is 0 Å². The number of likely N-dealkylation sites (tertiary alicyclic amines) is 1. The Balaban J connectivity index is 2.24. The Morgan fingerprint density at radius 2 is 2.09 bits per heavy atom. The minimum Gasteiger partial charge on any atom is -0.339 e. The maximum absolute atomic E-state index is 12.7. The normalized spacial score (nSPS) is 16.2. The molecule has 1 aromatic carbocycles. The van der Waals surface area contributed by atoms with Gasteiger partial charge in [0.05, 0.1) is 11.3 Å². The van der Waals surface area contributed by atoms with Gasteiger partial charge in [0, 0.05) is 13.1 Å². The van der Waals surface area contributed by atoms with Crippen LogP contribution in [0.4, 0.5) is 5.69 Å². The molecular formula is C16H20N4OS. The number of benzene rings is 1. The lowest BCUT2D eigenvalue weighted by Gasteiger charge is -2.30. The lowest BCUT2D eigenvalue weighted by Crippen LogP contribution is -2.37. The number of nitrogens with zero attached hydrogens (tertiary/aromatic N) is 3. The molecule has 1 saturated heterocycles. The van der Waals surface area contributed by atoms with Gasteiger partial charge in [0.1, 0.15) is 0 Å². The summed E-state index contributed by atoms with van der Waals surface area (Å²) in [6.07, 6.45) is 5.78. The Kier molecular flexibility index (Phi) is 5.84. The Morgan fingerprint density at radius 3 is 2.73 bits per heavy atom. The first-order valence-electron chi connectivity index (χ1n) is 7.31. The number of aliphatic imine (C=N–C) groups is 1. The SMILES string of the molecule is CSC(=Nc1ccccc1C(=O)N1CCC(C)CC1)NC#N. The quantitative estimate of drug-likeness (QED) is 0.394. The maximum Gasteiger partial charge on any atom is 0.256 e. The summed E-state index contributed by atoms with van der Waals surface area (Å²) in [5.74, 6) is 0.698. The number of nitrogens with one attached hydrogen (secondary N) is 1.